The molecule has 0 bridgehead atoms. The fraction of sp³-hybridized carbons (Fsp3) is 0.304. The molecule has 194 valence electrons. The average molecular weight is 521 g/mol. The summed E-state index contributed by atoms with van der Waals surface area (Å²) in [4.78, 5) is 23.4. The van der Waals surface area contributed by atoms with Crippen LogP contribution in [0.1, 0.15) is 25.0 Å². The SMILES string of the molecule is O=C(O)N1CCC[C@H](Nc2ncc(C(F)(F)F)c(-c3c[nH]c4cc(-c5ccn(C(F)F)n5)ccc34)n2)C1. The van der Waals surface area contributed by atoms with Gasteiger partial charge in [0.05, 0.1) is 11.4 Å². The molecule has 14 heteroatoms. The number of alkyl halides is 5. The van der Waals surface area contributed by atoms with Crippen LogP contribution in [0.4, 0.5) is 32.7 Å². The Labute approximate surface area is 205 Å². The number of H-pyrrole nitrogens is 1. The summed E-state index contributed by atoms with van der Waals surface area (Å²) in [5, 5.41) is 16.4. The second-order valence-electron chi connectivity index (χ2n) is 8.59. The predicted octanol–water partition coefficient (Wildman–Crippen LogP) is 5.46. The molecule has 1 aliphatic rings. The first-order valence-electron chi connectivity index (χ1n) is 11.2. The van der Waals surface area contributed by atoms with Crippen molar-refractivity contribution < 1.29 is 31.9 Å². The van der Waals surface area contributed by atoms with Crippen molar-refractivity contribution in [2.45, 2.75) is 31.6 Å². The van der Waals surface area contributed by atoms with Crippen LogP contribution in [-0.2, 0) is 6.18 Å². The highest BCUT2D eigenvalue weighted by atomic mass is 19.4. The van der Waals surface area contributed by atoms with Gasteiger partial charge in [0.25, 0.3) is 0 Å². The number of nitrogens with one attached hydrogen (secondary N) is 2. The molecule has 4 aromatic rings. The molecular weight excluding hydrogens is 501 g/mol. The van der Waals surface area contributed by atoms with E-state index in [1.54, 1.807) is 18.2 Å². The normalized spacial score (nSPS) is 16.5. The Morgan fingerprint density at radius 2 is 2.05 bits per heavy atom. The Kier molecular flexibility index (Phi) is 6.17. The molecule has 0 saturated carbocycles. The molecule has 0 unspecified atom stereocenters. The third kappa shape index (κ3) is 4.90. The van der Waals surface area contributed by atoms with Crippen molar-refractivity contribution in [1.82, 2.24) is 29.6 Å². The van der Waals surface area contributed by atoms with Gasteiger partial charge < -0.3 is 20.3 Å². The topological polar surface area (TPSA) is 112 Å². The number of amides is 1. The highest BCUT2D eigenvalue weighted by molar-refractivity contribution is 5.97. The molecule has 0 aliphatic carbocycles. The molecule has 0 spiro atoms. The molecule has 9 nitrogen and oxygen atoms in total. The summed E-state index contributed by atoms with van der Waals surface area (Å²) in [7, 11) is 0. The Morgan fingerprint density at radius 1 is 1.24 bits per heavy atom. The molecule has 3 N–H and O–H groups in total. The van der Waals surface area contributed by atoms with E-state index in [0.29, 0.717) is 46.7 Å². The average Bonchev–Trinajstić information content (AvgIpc) is 3.51. The van der Waals surface area contributed by atoms with Crippen molar-refractivity contribution >= 4 is 22.9 Å². The van der Waals surface area contributed by atoms with Crippen LogP contribution in [0.2, 0.25) is 0 Å². The van der Waals surface area contributed by atoms with Crippen molar-refractivity contribution in [3.05, 3.63) is 48.4 Å². The molecule has 1 saturated heterocycles. The van der Waals surface area contributed by atoms with Gasteiger partial charge >= 0.3 is 18.8 Å². The lowest BCUT2D eigenvalue weighted by Gasteiger charge is -2.31. The molecule has 1 aromatic carbocycles. The zero-order valence-corrected chi connectivity index (χ0v) is 19.0. The van der Waals surface area contributed by atoms with Crippen molar-refractivity contribution in [2.24, 2.45) is 0 Å². The van der Waals surface area contributed by atoms with E-state index in [0.717, 1.165) is 6.20 Å². The maximum Gasteiger partial charge on any atom is 0.419 e. The van der Waals surface area contributed by atoms with Crippen molar-refractivity contribution in [2.75, 3.05) is 18.4 Å². The number of benzene rings is 1. The summed E-state index contributed by atoms with van der Waals surface area (Å²) in [5.74, 6) is -0.0521. The Morgan fingerprint density at radius 3 is 2.76 bits per heavy atom. The molecule has 37 heavy (non-hydrogen) atoms. The number of hydrogen-bond acceptors (Lipinski definition) is 5. The number of halogens is 5. The van der Waals surface area contributed by atoms with Crippen LogP contribution >= 0.6 is 0 Å². The lowest BCUT2D eigenvalue weighted by molar-refractivity contribution is -0.137. The highest BCUT2D eigenvalue weighted by Crippen LogP contribution is 2.39. The number of hydrogen-bond donors (Lipinski definition) is 3. The standard InChI is InChI=1S/C23H20F5N7O2/c24-20(25)35-7-5-17(33-35)12-3-4-14-15(9-29-18(14)8-12)19-16(23(26,27)28)10-30-21(32-19)31-13-2-1-6-34(11-13)22(36)37/h3-5,7-10,13,20,29H,1-2,6,11H2,(H,36,37)(H,30,31,32)/t13-/m0/s1. The molecule has 3 aromatic heterocycles. The predicted molar refractivity (Wildman–Crippen MR) is 123 cm³/mol. The number of nitrogens with zero attached hydrogens (tertiary/aromatic N) is 5. The van der Waals surface area contributed by atoms with Crippen LogP contribution in [0.25, 0.3) is 33.4 Å². The van der Waals surface area contributed by atoms with Crippen LogP contribution in [0.3, 0.4) is 0 Å². The van der Waals surface area contributed by atoms with Crippen LogP contribution < -0.4 is 5.32 Å². The van der Waals surface area contributed by atoms with Gasteiger partial charge in [0, 0.05) is 59.8 Å². The second-order valence-corrected chi connectivity index (χ2v) is 8.59. The number of aromatic nitrogens is 5. The first-order valence-corrected chi connectivity index (χ1v) is 11.2. The smallest absolute Gasteiger partial charge is 0.419 e. The largest absolute Gasteiger partial charge is 0.465 e. The molecule has 0 radical (unpaired) electrons. The summed E-state index contributed by atoms with van der Waals surface area (Å²) >= 11 is 0. The van der Waals surface area contributed by atoms with Crippen LogP contribution in [0.5, 0.6) is 0 Å². The van der Waals surface area contributed by atoms with Gasteiger partial charge in [-0.2, -0.15) is 27.1 Å². The molecule has 1 amide bonds. The summed E-state index contributed by atoms with van der Waals surface area (Å²) in [6.07, 6.45) is -1.37. The van der Waals surface area contributed by atoms with E-state index < -0.39 is 24.4 Å². The number of carboxylic acid groups (broad SMARTS) is 1. The van der Waals surface area contributed by atoms with Crippen LogP contribution in [0.15, 0.2) is 42.9 Å². The molecular formula is C23H20F5N7O2. The molecule has 5 rings (SSSR count). The lowest BCUT2D eigenvalue weighted by Crippen LogP contribution is -2.44. The van der Waals surface area contributed by atoms with E-state index in [2.05, 4.69) is 25.4 Å². The van der Waals surface area contributed by atoms with E-state index in [-0.39, 0.29) is 35.5 Å². The highest BCUT2D eigenvalue weighted by Gasteiger charge is 2.36. The third-order valence-corrected chi connectivity index (χ3v) is 6.16. The minimum atomic E-state index is -4.73. The van der Waals surface area contributed by atoms with Gasteiger partial charge in [0.2, 0.25) is 5.95 Å². The van der Waals surface area contributed by atoms with Crippen LogP contribution in [-0.4, -0.2) is 60.0 Å². The number of anilines is 1. The van der Waals surface area contributed by atoms with E-state index in [4.69, 9.17) is 0 Å². The zero-order valence-electron chi connectivity index (χ0n) is 19.0. The Bertz CT molecular complexity index is 1450. The van der Waals surface area contributed by atoms with Gasteiger partial charge in [-0.1, -0.05) is 12.1 Å². The van der Waals surface area contributed by atoms with Gasteiger partial charge in [-0.3, -0.25) is 0 Å². The number of fused-ring (bicyclic) bond motifs is 1. The number of carbonyl (C=O) groups is 1. The van der Waals surface area contributed by atoms with E-state index in [1.165, 1.54) is 17.2 Å². The van der Waals surface area contributed by atoms with Gasteiger partial charge in [0.15, 0.2) is 0 Å². The van der Waals surface area contributed by atoms with E-state index >= 15 is 0 Å². The minimum Gasteiger partial charge on any atom is -0.465 e. The molecule has 1 atom stereocenters. The molecule has 1 aliphatic heterocycles. The Hall–Kier alpha value is -4.23. The van der Waals surface area contributed by atoms with Crippen molar-refractivity contribution in [1.29, 1.82) is 0 Å². The minimum absolute atomic E-state index is 0.0521. The number of aromatic amines is 1. The monoisotopic (exact) mass is 521 g/mol. The van der Waals surface area contributed by atoms with E-state index in [9.17, 15) is 31.9 Å². The van der Waals surface area contributed by atoms with Crippen molar-refractivity contribution in [3.63, 3.8) is 0 Å². The summed E-state index contributed by atoms with van der Waals surface area (Å²) in [6, 6.07) is 5.81. The Balaban J connectivity index is 1.50. The van der Waals surface area contributed by atoms with Crippen LogP contribution in [0, 0.1) is 0 Å². The quantitative estimate of drug-likeness (QED) is 0.301. The second kappa shape index (κ2) is 9.33. The fourth-order valence-corrected chi connectivity index (χ4v) is 4.40. The molecule has 4 heterocycles. The third-order valence-electron chi connectivity index (χ3n) is 6.16. The van der Waals surface area contributed by atoms with E-state index in [1.807, 2.05) is 0 Å². The first-order chi connectivity index (χ1) is 17.6. The summed E-state index contributed by atoms with van der Waals surface area (Å²) in [6.45, 7) is -2.25. The summed E-state index contributed by atoms with van der Waals surface area (Å²) in [5.41, 5.74) is 0.0387. The zero-order chi connectivity index (χ0) is 26.3. The maximum atomic E-state index is 13.9. The number of likely N-dealkylation sites (tertiary alicyclic amines) is 1. The van der Waals surface area contributed by atoms with Gasteiger partial charge in [-0.15, -0.1) is 0 Å². The number of piperidine rings is 1. The number of rotatable bonds is 5. The fourth-order valence-electron chi connectivity index (χ4n) is 4.40. The first kappa shape index (κ1) is 24.5. The summed E-state index contributed by atoms with van der Waals surface area (Å²) < 4.78 is 67.8. The van der Waals surface area contributed by atoms with Gasteiger partial charge in [-0.05, 0) is 25.0 Å². The lowest BCUT2D eigenvalue weighted by atomic mass is 10.0. The van der Waals surface area contributed by atoms with Gasteiger partial charge in [0.1, 0.15) is 5.56 Å². The van der Waals surface area contributed by atoms with Gasteiger partial charge in [-0.25, -0.2) is 19.4 Å². The van der Waals surface area contributed by atoms with Crippen molar-refractivity contribution in [3.8, 4) is 22.5 Å². The molecule has 1 fully saturated rings. The maximum absolute atomic E-state index is 13.9.